The Labute approximate surface area is 166 Å². The standard InChI is InChI=1S/C21H22O8/c1-5-8-9-10(13(23)16-15(28-16)12(9)22)20(27-5)21-7(4-26-6(2)11(8)21)14(25-3)17-18(29-17)19(21)24/h4-6,8,11,13-18,20,23H,1-3H3/t5-,6-,8-,11+,13+,14+,15+,16-,17-,18-,20+,21+/m1/s1. The minimum atomic E-state index is -1.06. The second-order valence-electron chi connectivity index (χ2n) is 9.30. The summed E-state index contributed by atoms with van der Waals surface area (Å²) in [5.41, 5.74) is 0.761. The molecule has 0 aromatic carbocycles. The largest absolute Gasteiger partial charge is 0.498 e. The van der Waals surface area contributed by atoms with Crippen molar-refractivity contribution >= 4 is 11.6 Å². The molecule has 154 valence electrons. The fraction of sp³-hybridized carbons (Fsp3) is 0.714. The predicted octanol–water partition coefficient (Wildman–Crippen LogP) is -0.319. The van der Waals surface area contributed by atoms with Crippen LogP contribution in [0.2, 0.25) is 0 Å². The molecule has 12 atom stereocenters. The number of ether oxygens (including phenoxy) is 5. The molecule has 1 N–H and O–H groups in total. The van der Waals surface area contributed by atoms with E-state index in [0.29, 0.717) is 16.7 Å². The predicted molar refractivity (Wildman–Crippen MR) is 93.5 cm³/mol. The van der Waals surface area contributed by atoms with E-state index in [0.717, 1.165) is 0 Å². The van der Waals surface area contributed by atoms with E-state index in [1.54, 1.807) is 13.4 Å². The van der Waals surface area contributed by atoms with Gasteiger partial charge in [0.05, 0.1) is 30.0 Å². The highest BCUT2D eigenvalue weighted by Gasteiger charge is 2.79. The summed E-state index contributed by atoms with van der Waals surface area (Å²) in [4.78, 5) is 27.0. The summed E-state index contributed by atoms with van der Waals surface area (Å²) in [5, 5.41) is 11.0. The topological polar surface area (TPSA) is 107 Å². The average molecular weight is 402 g/mol. The number of fused-ring (bicyclic) bond motifs is 3. The monoisotopic (exact) mass is 402 g/mol. The van der Waals surface area contributed by atoms with Crippen molar-refractivity contribution in [3.05, 3.63) is 23.0 Å². The molecule has 4 fully saturated rings. The van der Waals surface area contributed by atoms with Gasteiger partial charge in [0.1, 0.15) is 36.6 Å². The van der Waals surface area contributed by atoms with Crippen molar-refractivity contribution in [3.63, 3.8) is 0 Å². The number of hydrogen-bond donors (Lipinski definition) is 1. The lowest BCUT2D eigenvalue weighted by atomic mass is 9.45. The molecule has 3 aliphatic carbocycles. The molecule has 0 unspecified atom stereocenters. The first-order valence-electron chi connectivity index (χ1n) is 10.3. The molecule has 29 heavy (non-hydrogen) atoms. The Morgan fingerprint density at radius 3 is 2.59 bits per heavy atom. The first kappa shape index (κ1) is 17.1. The van der Waals surface area contributed by atoms with Crippen molar-refractivity contribution in [3.8, 4) is 0 Å². The Hall–Kier alpha value is -1.58. The number of carbonyl (C=O) groups excluding carboxylic acids is 2. The third kappa shape index (κ3) is 1.66. The van der Waals surface area contributed by atoms with Crippen molar-refractivity contribution in [1.82, 2.24) is 0 Å². The molecule has 8 nitrogen and oxygen atoms in total. The first-order valence-corrected chi connectivity index (χ1v) is 10.3. The molecule has 8 rings (SSSR count). The highest BCUT2D eigenvalue weighted by atomic mass is 16.6. The van der Waals surface area contributed by atoms with Crippen LogP contribution in [0, 0.1) is 17.3 Å². The van der Waals surface area contributed by atoms with Crippen molar-refractivity contribution in [2.24, 2.45) is 17.3 Å². The average Bonchev–Trinajstić information content (AvgIpc) is 3.60. The molecule has 5 heterocycles. The van der Waals surface area contributed by atoms with Crippen LogP contribution in [-0.4, -0.2) is 78.7 Å². The minimum absolute atomic E-state index is 0.0471. The van der Waals surface area contributed by atoms with Gasteiger partial charge in [-0.2, -0.15) is 0 Å². The number of aliphatic hydroxyl groups is 1. The van der Waals surface area contributed by atoms with Crippen molar-refractivity contribution in [2.45, 2.75) is 68.8 Å². The Morgan fingerprint density at radius 2 is 1.83 bits per heavy atom. The highest BCUT2D eigenvalue weighted by Crippen LogP contribution is 2.68. The summed E-state index contributed by atoms with van der Waals surface area (Å²) >= 11 is 0. The number of hydrogen-bond acceptors (Lipinski definition) is 8. The van der Waals surface area contributed by atoms with Crippen molar-refractivity contribution < 1.29 is 38.4 Å². The van der Waals surface area contributed by atoms with Crippen LogP contribution < -0.4 is 0 Å². The van der Waals surface area contributed by atoms with Crippen LogP contribution in [0.1, 0.15) is 13.8 Å². The maximum absolute atomic E-state index is 13.8. The van der Waals surface area contributed by atoms with E-state index < -0.39 is 42.0 Å². The van der Waals surface area contributed by atoms with E-state index in [4.69, 9.17) is 23.7 Å². The number of aliphatic hydroxyl groups excluding tert-OH is 1. The number of carbonyl (C=O) groups is 2. The fourth-order valence-corrected chi connectivity index (χ4v) is 7.09. The van der Waals surface area contributed by atoms with Gasteiger partial charge in [-0.15, -0.1) is 0 Å². The maximum Gasteiger partial charge on any atom is 0.190 e. The molecular weight excluding hydrogens is 380 g/mol. The number of rotatable bonds is 1. The Morgan fingerprint density at radius 1 is 1.07 bits per heavy atom. The molecule has 0 radical (unpaired) electrons. The Bertz CT molecular complexity index is 937. The van der Waals surface area contributed by atoms with Crippen LogP contribution in [0.25, 0.3) is 0 Å². The Balaban J connectivity index is 1.51. The lowest BCUT2D eigenvalue weighted by Gasteiger charge is -2.63. The van der Waals surface area contributed by atoms with Crippen molar-refractivity contribution in [1.29, 1.82) is 0 Å². The molecule has 8 heteroatoms. The van der Waals surface area contributed by atoms with Crippen LogP contribution in [0.15, 0.2) is 23.0 Å². The summed E-state index contributed by atoms with van der Waals surface area (Å²) in [6.07, 6.45) is -3.05. The van der Waals surface area contributed by atoms with Gasteiger partial charge in [-0.25, -0.2) is 0 Å². The molecule has 1 saturated carbocycles. The zero-order valence-electron chi connectivity index (χ0n) is 16.2. The van der Waals surface area contributed by atoms with Gasteiger partial charge in [0.25, 0.3) is 0 Å². The van der Waals surface area contributed by atoms with E-state index >= 15 is 0 Å². The summed E-state index contributed by atoms with van der Waals surface area (Å²) in [7, 11) is 1.59. The molecular formula is C21H22O8. The number of epoxide rings is 2. The van der Waals surface area contributed by atoms with Crippen LogP contribution >= 0.6 is 0 Å². The summed E-state index contributed by atoms with van der Waals surface area (Å²) in [6, 6.07) is 0. The first-order chi connectivity index (χ1) is 13.9. The zero-order valence-corrected chi connectivity index (χ0v) is 16.2. The summed E-state index contributed by atoms with van der Waals surface area (Å²) in [6.45, 7) is 3.86. The number of ketones is 2. The van der Waals surface area contributed by atoms with Gasteiger partial charge in [-0.05, 0) is 19.4 Å². The van der Waals surface area contributed by atoms with E-state index in [9.17, 15) is 14.7 Å². The maximum atomic E-state index is 13.8. The molecule has 1 spiro atoms. The molecule has 0 amide bonds. The third-order valence-corrected chi connectivity index (χ3v) is 8.23. The van der Waals surface area contributed by atoms with Crippen LogP contribution in [-0.2, 0) is 33.3 Å². The van der Waals surface area contributed by atoms with E-state index in [1.165, 1.54) is 0 Å². The molecule has 8 aliphatic rings. The van der Waals surface area contributed by atoms with E-state index in [2.05, 4.69) is 0 Å². The minimum Gasteiger partial charge on any atom is -0.498 e. The molecule has 3 saturated heterocycles. The zero-order chi connectivity index (χ0) is 20.0. The molecule has 0 aromatic heterocycles. The van der Waals surface area contributed by atoms with Crippen LogP contribution in [0.5, 0.6) is 0 Å². The van der Waals surface area contributed by atoms with Gasteiger partial charge >= 0.3 is 0 Å². The number of methoxy groups -OCH3 is 1. The highest BCUT2D eigenvalue weighted by molar-refractivity contribution is 6.06. The van der Waals surface area contributed by atoms with Gasteiger partial charge < -0.3 is 28.8 Å². The quantitative estimate of drug-likeness (QED) is 0.595. The lowest BCUT2D eigenvalue weighted by molar-refractivity contribution is -0.210. The molecule has 0 aromatic rings. The van der Waals surface area contributed by atoms with Gasteiger partial charge in [-0.1, -0.05) is 0 Å². The van der Waals surface area contributed by atoms with Crippen LogP contribution in [0.3, 0.4) is 0 Å². The van der Waals surface area contributed by atoms with Gasteiger partial charge in [0.15, 0.2) is 11.6 Å². The summed E-state index contributed by atoms with van der Waals surface area (Å²) < 4.78 is 29.3. The SMILES string of the molecule is CO[C@H]1C2=CO[C@H](C)[C@H]3[C@H]4C5=C([C@H](O)[C@H]6O[C@H]6C5=O)[C@H](O[C@@H]4C)[C@@]23C(=O)[C@@H]2O[C@@H]21. The smallest absolute Gasteiger partial charge is 0.190 e. The second kappa shape index (κ2) is 5.00. The normalized spacial score (nSPS) is 58.3. The lowest BCUT2D eigenvalue weighted by Crippen LogP contribution is -2.72. The molecule has 5 aliphatic heterocycles. The van der Waals surface area contributed by atoms with E-state index in [1.807, 2.05) is 13.8 Å². The van der Waals surface area contributed by atoms with E-state index in [-0.39, 0.29) is 41.7 Å². The fourth-order valence-electron chi connectivity index (χ4n) is 7.09. The third-order valence-electron chi connectivity index (χ3n) is 8.23. The molecule has 2 bridgehead atoms. The summed E-state index contributed by atoms with van der Waals surface area (Å²) in [5.74, 6) is -0.783. The van der Waals surface area contributed by atoms with Crippen molar-refractivity contribution in [2.75, 3.05) is 7.11 Å². The second-order valence-corrected chi connectivity index (χ2v) is 9.30. The van der Waals surface area contributed by atoms with Gasteiger partial charge in [0, 0.05) is 30.1 Å². The van der Waals surface area contributed by atoms with Gasteiger partial charge in [0.2, 0.25) is 0 Å². The van der Waals surface area contributed by atoms with Gasteiger partial charge in [-0.3, -0.25) is 9.59 Å². The number of Topliss-reactive ketones (excluding diaryl/α,β-unsaturated/α-hetero) is 2. The van der Waals surface area contributed by atoms with Crippen LogP contribution in [0.4, 0.5) is 0 Å². The Kier molecular flexibility index (Phi) is 2.96.